The molecule has 0 unspecified atom stereocenters. The molecular formula is C19H21N3O4S2. The summed E-state index contributed by atoms with van der Waals surface area (Å²) in [5, 5.41) is 14.6. The SMILES string of the molecule is Cc1ccc(C2(O)CCN(S(=O)(=O)c3cc(-c4ccno4)sc3C)CC2)nc1. The highest BCUT2D eigenvalue weighted by atomic mass is 32.2. The van der Waals surface area contributed by atoms with E-state index >= 15 is 0 Å². The van der Waals surface area contributed by atoms with Gasteiger partial charge in [0.1, 0.15) is 5.60 Å². The molecule has 1 fully saturated rings. The number of nitrogens with zero attached hydrogens (tertiary/aromatic N) is 3. The van der Waals surface area contributed by atoms with Gasteiger partial charge < -0.3 is 9.63 Å². The third kappa shape index (κ3) is 3.39. The van der Waals surface area contributed by atoms with Crippen LogP contribution in [0.2, 0.25) is 0 Å². The van der Waals surface area contributed by atoms with Crippen molar-refractivity contribution in [2.45, 2.75) is 37.2 Å². The first kappa shape index (κ1) is 19.3. The van der Waals surface area contributed by atoms with Crippen molar-refractivity contribution in [3.8, 4) is 10.6 Å². The second-order valence-corrected chi connectivity index (χ2v) is 10.2. The second-order valence-electron chi connectivity index (χ2n) is 7.06. The van der Waals surface area contributed by atoms with Gasteiger partial charge in [-0.05, 0) is 44.4 Å². The Bertz CT molecular complexity index is 1070. The summed E-state index contributed by atoms with van der Waals surface area (Å²) in [4.78, 5) is 6.04. The number of rotatable bonds is 4. The summed E-state index contributed by atoms with van der Waals surface area (Å²) in [5.74, 6) is 0.549. The van der Waals surface area contributed by atoms with Crippen molar-refractivity contribution in [1.82, 2.24) is 14.4 Å². The smallest absolute Gasteiger partial charge is 0.244 e. The van der Waals surface area contributed by atoms with Crippen molar-refractivity contribution >= 4 is 21.4 Å². The van der Waals surface area contributed by atoms with Gasteiger partial charge >= 0.3 is 0 Å². The van der Waals surface area contributed by atoms with Gasteiger partial charge in [-0.15, -0.1) is 11.3 Å². The maximum Gasteiger partial charge on any atom is 0.244 e. The number of hydrogen-bond donors (Lipinski definition) is 1. The normalized spacial score (nSPS) is 17.7. The lowest BCUT2D eigenvalue weighted by molar-refractivity contribution is -0.0134. The minimum atomic E-state index is -3.65. The number of pyridine rings is 1. The van der Waals surface area contributed by atoms with E-state index in [0.717, 1.165) is 10.4 Å². The molecule has 28 heavy (non-hydrogen) atoms. The average Bonchev–Trinajstić information content (AvgIpc) is 3.32. The Morgan fingerprint density at radius 3 is 2.57 bits per heavy atom. The highest BCUT2D eigenvalue weighted by molar-refractivity contribution is 7.89. The van der Waals surface area contributed by atoms with E-state index < -0.39 is 15.6 Å². The molecule has 0 aliphatic carbocycles. The number of aryl methyl sites for hydroxylation is 2. The third-order valence-electron chi connectivity index (χ3n) is 5.11. The molecule has 3 aromatic rings. The Labute approximate surface area is 167 Å². The Kier molecular flexibility index (Phi) is 4.86. The molecule has 4 rings (SSSR count). The number of thiophene rings is 1. The lowest BCUT2D eigenvalue weighted by atomic mass is 9.88. The molecule has 1 saturated heterocycles. The van der Waals surface area contributed by atoms with E-state index in [4.69, 9.17) is 4.52 Å². The minimum absolute atomic E-state index is 0.237. The first-order valence-corrected chi connectivity index (χ1v) is 11.2. The Morgan fingerprint density at radius 1 is 1.21 bits per heavy atom. The van der Waals surface area contributed by atoms with Crippen LogP contribution in [-0.2, 0) is 15.6 Å². The molecule has 0 radical (unpaired) electrons. The molecule has 0 atom stereocenters. The molecule has 9 heteroatoms. The van der Waals surface area contributed by atoms with Crippen molar-refractivity contribution in [1.29, 1.82) is 0 Å². The summed E-state index contributed by atoms with van der Waals surface area (Å²) >= 11 is 1.36. The summed E-state index contributed by atoms with van der Waals surface area (Å²) in [6, 6.07) is 7.06. The van der Waals surface area contributed by atoms with Gasteiger partial charge in [-0.1, -0.05) is 11.2 Å². The number of aromatic nitrogens is 2. The largest absolute Gasteiger partial charge is 0.383 e. The van der Waals surface area contributed by atoms with Crippen LogP contribution < -0.4 is 0 Å². The van der Waals surface area contributed by atoms with Crippen molar-refractivity contribution in [3.05, 3.63) is 52.8 Å². The van der Waals surface area contributed by atoms with E-state index in [1.54, 1.807) is 25.3 Å². The zero-order valence-corrected chi connectivity index (χ0v) is 17.3. The van der Waals surface area contributed by atoms with E-state index in [9.17, 15) is 13.5 Å². The van der Waals surface area contributed by atoms with E-state index in [2.05, 4.69) is 10.1 Å². The molecule has 0 bridgehead atoms. The molecule has 0 saturated carbocycles. The van der Waals surface area contributed by atoms with Crippen LogP contribution in [0.5, 0.6) is 0 Å². The fourth-order valence-electron chi connectivity index (χ4n) is 3.42. The monoisotopic (exact) mass is 419 g/mol. The predicted octanol–water partition coefficient (Wildman–Crippen LogP) is 3.09. The van der Waals surface area contributed by atoms with Crippen molar-refractivity contribution < 1.29 is 18.0 Å². The van der Waals surface area contributed by atoms with Crippen LogP contribution in [0.15, 0.2) is 46.1 Å². The Balaban J connectivity index is 1.55. The Morgan fingerprint density at radius 2 is 1.96 bits per heavy atom. The van der Waals surface area contributed by atoms with Gasteiger partial charge in [0.25, 0.3) is 0 Å². The zero-order chi connectivity index (χ0) is 19.9. The minimum Gasteiger partial charge on any atom is -0.383 e. The topological polar surface area (TPSA) is 96.5 Å². The van der Waals surface area contributed by atoms with Gasteiger partial charge in [-0.2, -0.15) is 4.31 Å². The quantitative estimate of drug-likeness (QED) is 0.698. The first-order chi connectivity index (χ1) is 13.3. The third-order valence-corrected chi connectivity index (χ3v) is 8.33. The van der Waals surface area contributed by atoms with E-state index in [-0.39, 0.29) is 18.0 Å². The summed E-state index contributed by atoms with van der Waals surface area (Å²) < 4.78 is 32.9. The molecule has 0 amide bonds. The number of aliphatic hydroxyl groups is 1. The van der Waals surface area contributed by atoms with Crippen LogP contribution in [-0.4, -0.2) is 41.1 Å². The molecule has 0 spiro atoms. The molecular weight excluding hydrogens is 398 g/mol. The molecule has 148 valence electrons. The first-order valence-electron chi connectivity index (χ1n) is 8.97. The summed E-state index contributed by atoms with van der Waals surface area (Å²) in [6.45, 7) is 4.20. The fraction of sp³-hybridized carbons (Fsp3) is 0.368. The van der Waals surface area contributed by atoms with E-state index in [1.807, 2.05) is 19.1 Å². The van der Waals surface area contributed by atoms with Crippen LogP contribution in [0.4, 0.5) is 0 Å². The van der Waals surface area contributed by atoms with Crippen LogP contribution in [0.3, 0.4) is 0 Å². The van der Waals surface area contributed by atoms with Gasteiger partial charge in [-0.3, -0.25) is 4.98 Å². The molecule has 3 aromatic heterocycles. The predicted molar refractivity (Wildman–Crippen MR) is 105 cm³/mol. The molecule has 0 aromatic carbocycles. The van der Waals surface area contributed by atoms with Gasteiger partial charge in [0, 0.05) is 30.2 Å². The van der Waals surface area contributed by atoms with Gasteiger partial charge in [-0.25, -0.2) is 8.42 Å². The molecule has 1 aliphatic heterocycles. The van der Waals surface area contributed by atoms with E-state index in [0.29, 0.717) is 29.2 Å². The van der Waals surface area contributed by atoms with Crippen LogP contribution >= 0.6 is 11.3 Å². The lowest BCUT2D eigenvalue weighted by Crippen LogP contribution is -2.45. The molecule has 7 nitrogen and oxygen atoms in total. The Hall–Kier alpha value is -2.07. The standard InChI is InChI=1S/C19H21N3O4S2/c1-13-3-4-18(20-12-13)19(23)6-9-22(10-7-19)28(24,25)17-11-16(27-14(17)2)15-5-8-21-26-15/h3-5,8,11-12,23H,6-7,9-10H2,1-2H3. The van der Waals surface area contributed by atoms with Crippen molar-refractivity contribution in [2.24, 2.45) is 0 Å². The molecule has 1 aliphatic rings. The fourth-order valence-corrected chi connectivity index (χ4v) is 6.38. The van der Waals surface area contributed by atoms with Gasteiger partial charge in [0.15, 0.2) is 5.76 Å². The van der Waals surface area contributed by atoms with Crippen LogP contribution in [0, 0.1) is 13.8 Å². The summed E-state index contributed by atoms with van der Waals surface area (Å²) in [7, 11) is -3.65. The summed E-state index contributed by atoms with van der Waals surface area (Å²) in [6.07, 6.45) is 3.86. The molecule has 4 heterocycles. The highest BCUT2D eigenvalue weighted by Gasteiger charge is 2.40. The average molecular weight is 420 g/mol. The summed E-state index contributed by atoms with van der Waals surface area (Å²) in [5.41, 5.74) is 0.506. The van der Waals surface area contributed by atoms with Crippen molar-refractivity contribution in [2.75, 3.05) is 13.1 Å². The van der Waals surface area contributed by atoms with Crippen LogP contribution in [0.1, 0.15) is 29.0 Å². The lowest BCUT2D eigenvalue weighted by Gasteiger charge is -2.37. The van der Waals surface area contributed by atoms with Crippen molar-refractivity contribution in [3.63, 3.8) is 0 Å². The maximum atomic E-state index is 13.2. The van der Waals surface area contributed by atoms with Gasteiger partial charge in [0.05, 0.1) is 21.7 Å². The van der Waals surface area contributed by atoms with Gasteiger partial charge in [0.2, 0.25) is 10.0 Å². The zero-order valence-electron chi connectivity index (χ0n) is 15.6. The maximum absolute atomic E-state index is 13.2. The second kappa shape index (κ2) is 7.07. The van der Waals surface area contributed by atoms with E-state index in [1.165, 1.54) is 21.8 Å². The van der Waals surface area contributed by atoms with Crippen LogP contribution in [0.25, 0.3) is 10.6 Å². The molecule has 1 N–H and O–H groups in total. The number of hydrogen-bond acceptors (Lipinski definition) is 7. The highest BCUT2D eigenvalue weighted by Crippen LogP contribution is 2.38. The number of sulfonamides is 1. The number of piperidine rings is 1.